The van der Waals surface area contributed by atoms with Crippen molar-refractivity contribution in [3.05, 3.63) is 52.8 Å². The molecule has 24 heavy (non-hydrogen) atoms. The smallest absolute Gasteiger partial charge is 0.274 e. The van der Waals surface area contributed by atoms with E-state index in [1.54, 1.807) is 0 Å². The van der Waals surface area contributed by atoms with E-state index >= 15 is 0 Å². The number of amides is 1. The molecule has 5 heteroatoms. The maximum atomic E-state index is 12.9. The first-order chi connectivity index (χ1) is 11.7. The summed E-state index contributed by atoms with van der Waals surface area (Å²) in [6, 6.07) is 9.31. The van der Waals surface area contributed by atoms with Crippen molar-refractivity contribution in [2.75, 3.05) is 6.54 Å². The average molecular weight is 323 g/mol. The molecule has 1 N–H and O–H groups in total. The first kappa shape index (κ1) is 15.1. The lowest BCUT2D eigenvalue weighted by Crippen LogP contribution is -2.37. The standard InChI is InChI=1S/C19H21N3O2/c23-17(13-6-2-1-3-7-13)12-14-8-5-11-22(14)19(24)18-15-9-4-10-16(15)20-21-18/h1-3,6-7,14H,4-5,8-12H2,(H,20,21). The van der Waals surface area contributed by atoms with Crippen molar-refractivity contribution < 1.29 is 9.59 Å². The number of aromatic amines is 1. The highest BCUT2D eigenvalue weighted by Crippen LogP contribution is 2.28. The van der Waals surface area contributed by atoms with Gasteiger partial charge in [-0.15, -0.1) is 0 Å². The summed E-state index contributed by atoms with van der Waals surface area (Å²) in [6.07, 6.45) is 5.21. The maximum Gasteiger partial charge on any atom is 0.274 e. The van der Waals surface area contributed by atoms with E-state index in [-0.39, 0.29) is 17.7 Å². The number of hydrogen-bond acceptors (Lipinski definition) is 3. The second-order valence-corrected chi connectivity index (χ2v) is 6.67. The van der Waals surface area contributed by atoms with E-state index in [2.05, 4.69) is 10.2 Å². The summed E-state index contributed by atoms with van der Waals surface area (Å²) in [6.45, 7) is 0.715. The quantitative estimate of drug-likeness (QED) is 0.880. The van der Waals surface area contributed by atoms with Gasteiger partial charge in [0.15, 0.2) is 11.5 Å². The molecule has 124 valence electrons. The third kappa shape index (κ3) is 2.64. The number of nitrogens with one attached hydrogen (secondary N) is 1. The molecule has 1 aromatic carbocycles. The van der Waals surface area contributed by atoms with E-state index in [1.807, 2.05) is 35.2 Å². The number of aryl methyl sites for hydroxylation is 1. The molecule has 5 nitrogen and oxygen atoms in total. The number of Topliss-reactive ketones (excluding diaryl/α,β-unsaturated/α-hetero) is 1. The number of carbonyl (C=O) groups excluding carboxylic acids is 2. The van der Waals surface area contributed by atoms with Gasteiger partial charge in [0.25, 0.3) is 5.91 Å². The van der Waals surface area contributed by atoms with Crippen molar-refractivity contribution in [3.8, 4) is 0 Å². The molecule has 2 heterocycles. The molecule has 1 amide bonds. The number of ketones is 1. The van der Waals surface area contributed by atoms with E-state index in [4.69, 9.17) is 0 Å². The van der Waals surface area contributed by atoms with E-state index in [1.165, 1.54) is 0 Å². The van der Waals surface area contributed by atoms with Gasteiger partial charge in [-0.25, -0.2) is 0 Å². The Labute approximate surface area is 141 Å². The van der Waals surface area contributed by atoms with Crippen LogP contribution in [0.2, 0.25) is 0 Å². The van der Waals surface area contributed by atoms with Crippen LogP contribution < -0.4 is 0 Å². The van der Waals surface area contributed by atoms with Crippen LogP contribution in [0, 0.1) is 0 Å². The molecule has 1 atom stereocenters. The fourth-order valence-electron chi connectivity index (χ4n) is 3.90. The molecule has 1 aliphatic heterocycles. The Morgan fingerprint density at radius 2 is 2.00 bits per heavy atom. The summed E-state index contributed by atoms with van der Waals surface area (Å²) < 4.78 is 0. The summed E-state index contributed by atoms with van der Waals surface area (Å²) in [7, 11) is 0. The second kappa shape index (κ2) is 6.23. The highest BCUT2D eigenvalue weighted by atomic mass is 16.2. The molecular formula is C19H21N3O2. The average Bonchev–Trinajstić information content (AvgIpc) is 3.31. The molecule has 1 fully saturated rings. The Morgan fingerprint density at radius 1 is 1.17 bits per heavy atom. The largest absolute Gasteiger partial charge is 0.334 e. The lowest BCUT2D eigenvalue weighted by Gasteiger charge is -2.24. The lowest BCUT2D eigenvalue weighted by molar-refractivity contribution is 0.0710. The Bertz CT molecular complexity index is 766. The van der Waals surface area contributed by atoms with Crippen LogP contribution in [0.4, 0.5) is 0 Å². The molecule has 2 aliphatic rings. The van der Waals surface area contributed by atoms with E-state index in [0.717, 1.165) is 48.9 Å². The molecule has 0 spiro atoms. The van der Waals surface area contributed by atoms with Crippen LogP contribution >= 0.6 is 0 Å². The van der Waals surface area contributed by atoms with Gasteiger partial charge < -0.3 is 4.90 Å². The molecule has 1 aliphatic carbocycles. The first-order valence-electron chi connectivity index (χ1n) is 8.69. The van der Waals surface area contributed by atoms with E-state index < -0.39 is 0 Å². The zero-order valence-electron chi connectivity index (χ0n) is 13.6. The Hall–Kier alpha value is -2.43. The molecular weight excluding hydrogens is 302 g/mol. The van der Waals surface area contributed by atoms with Gasteiger partial charge in [0, 0.05) is 35.8 Å². The normalized spacial score (nSPS) is 19.5. The Morgan fingerprint density at radius 3 is 2.83 bits per heavy atom. The van der Waals surface area contributed by atoms with Crippen LogP contribution in [0.1, 0.15) is 57.8 Å². The predicted octanol–water partition coefficient (Wildman–Crippen LogP) is 2.78. The lowest BCUT2D eigenvalue weighted by atomic mass is 10.0. The van der Waals surface area contributed by atoms with Crippen LogP contribution in [0.15, 0.2) is 30.3 Å². The van der Waals surface area contributed by atoms with Crippen LogP contribution in [-0.2, 0) is 12.8 Å². The van der Waals surface area contributed by atoms with Gasteiger partial charge in [0.05, 0.1) is 0 Å². The Kier molecular flexibility index (Phi) is 3.92. The van der Waals surface area contributed by atoms with Crippen molar-refractivity contribution >= 4 is 11.7 Å². The highest BCUT2D eigenvalue weighted by Gasteiger charge is 2.34. The second-order valence-electron chi connectivity index (χ2n) is 6.67. The number of hydrogen-bond donors (Lipinski definition) is 1. The highest BCUT2D eigenvalue weighted by molar-refractivity contribution is 5.98. The topological polar surface area (TPSA) is 66.1 Å². The molecule has 0 bridgehead atoms. The van der Waals surface area contributed by atoms with E-state index in [0.29, 0.717) is 18.7 Å². The Balaban J connectivity index is 1.50. The third-order valence-electron chi connectivity index (χ3n) is 5.16. The fourth-order valence-corrected chi connectivity index (χ4v) is 3.90. The van der Waals surface area contributed by atoms with Crippen LogP contribution in [0.3, 0.4) is 0 Å². The van der Waals surface area contributed by atoms with Crippen LogP contribution in [-0.4, -0.2) is 39.4 Å². The zero-order valence-corrected chi connectivity index (χ0v) is 13.6. The summed E-state index contributed by atoms with van der Waals surface area (Å²) in [5.74, 6) is 0.0883. The number of rotatable bonds is 4. The monoisotopic (exact) mass is 323 g/mol. The molecule has 0 saturated carbocycles. The third-order valence-corrected chi connectivity index (χ3v) is 5.16. The molecule has 1 aromatic heterocycles. The van der Waals surface area contributed by atoms with Gasteiger partial charge in [0.1, 0.15) is 0 Å². The number of likely N-dealkylation sites (tertiary alicyclic amines) is 1. The van der Waals surface area contributed by atoms with E-state index in [9.17, 15) is 9.59 Å². The van der Waals surface area contributed by atoms with Crippen molar-refractivity contribution in [1.29, 1.82) is 0 Å². The summed E-state index contributed by atoms with van der Waals surface area (Å²) in [5.41, 5.74) is 3.48. The number of aromatic nitrogens is 2. The molecule has 1 saturated heterocycles. The molecule has 0 radical (unpaired) electrons. The van der Waals surface area contributed by atoms with Gasteiger partial charge in [0.2, 0.25) is 0 Å². The van der Waals surface area contributed by atoms with Crippen molar-refractivity contribution in [2.24, 2.45) is 0 Å². The van der Waals surface area contributed by atoms with Gasteiger partial charge in [-0.3, -0.25) is 14.7 Å². The molecule has 1 unspecified atom stereocenters. The van der Waals surface area contributed by atoms with Gasteiger partial charge >= 0.3 is 0 Å². The fraction of sp³-hybridized carbons (Fsp3) is 0.421. The minimum atomic E-state index is -0.0160. The SMILES string of the molecule is O=C(CC1CCCN1C(=O)c1n[nH]c2c1CCC2)c1ccccc1. The molecule has 2 aromatic rings. The maximum absolute atomic E-state index is 12.9. The van der Waals surface area contributed by atoms with Crippen LogP contribution in [0.25, 0.3) is 0 Å². The molecule has 4 rings (SSSR count). The zero-order chi connectivity index (χ0) is 16.5. The van der Waals surface area contributed by atoms with Crippen molar-refractivity contribution in [1.82, 2.24) is 15.1 Å². The number of nitrogens with zero attached hydrogens (tertiary/aromatic N) is 2. The number of carbonyl (C=O) groups is 2. The minimum absolute atomic E-state index is 0.0149. The first-order valence-corrected chi connectivity index (χ1v) is 8.69. The van der Waals surface area contributed by atoms with Crippen LogP contribution in [0.5, 0.6) is 0 Å². The predicted molar refractivity (Wildman–Crippen MR) is 90.1 cm³/mol. The van der Waals surface area contributed by atoms with Gasteiger partial charge in [-0.1, -0.05) is 30.3 Å². The summed E-state index contributed by atoms with van der Waals surface area (Å²) in [4.78, 5) is 27.3. The van der Waals surface area contributed by atoms with Gasteiger partial charge in [-0.05, 0) is 32.1 Å². The van der Waals surface area contributed by atoms with Crippen molar-refractivity contribution in [3.63, 3.8) is 0 Å². The summed E-state index contributed by atoms with van der Waals surface area (Å²) in [5, 5.41) is 7.26. The number of H-pyrrole nitrogens is 1. The minimum Gasteiger partial charge on any atom is -0.334 e. The number of benzene rings is 1. The number of fused-ring (bicyclic) bond motifs is 1. The van der Waals surface area contributed by atoms with Crippen molar-refractivity contribution in [2.45, 2.75) is 44.6 Å². The summed E-state index contributed by atoms with van der Waals surface area (Å²) >= 11 is 0. The van der Waals surface area contributed by atoms with Gasteiger partial charge in [-0.2, -0.15) is 5.10 Å².